The molecule has 0 spiro atoms. The van der Waals surface area contributed by atoms with Crippen molar-refractivity contribution >= 4 is 18.0 Å². The van der Waals surface area contributed by atoms with Crippen molar-refractivity contribution in [1.82, 2.24) is 4.98 Å². The molecule has 73 valence electrons. The van der Waals surface area contributed by atoms with Gasteiger partial charge in [0.25, 0.3) is 0 Å². The molecule has 0 atom stereocenters. The molecule has 0 aliphatic heterocycles. The van der Waals surface area contributed by atoms with Crippen molar-refractivity contribution in [2.24, 2.45) is 0 Å². The van der Waals surface area contributed by atoms with Crippen molar-refractivity contribution < 1.29 is 4.65 Å². The van der Waals surface area contributed by atoms with E-state index in [1.807, 2.05) is 42.5 Å². The molecule has 3 heteroatoms. The quantitative estimate of drug-likeness (QED) is 0.672. The Labute approximate surface area is 90.0 Å². The Kier molecular flexibility index (Phi) is 3.15. The maximum absolute atomic E-state index is 5.45. The fraction of sp³-hybridized carbons (Fsp3) is 0.0833. The van der Waals surface area contributed by atoms with E-state index in [1.54, 1.807) is 13.3 Å². The highest BCUT2D eigenvalue weighted by Gasteiger charge is 2.20. The minimum atomic E-state index is -0.0965. The van der Waals surface area contributed by atoms with Gasteiger partial charge in [-0.15, -0.1) is 0 Å². The third-order valence-corrected chi connectivity index (χ3v) is 2.24. The van der Waals surface area contributed by atoms with Gasteiger partial charge < -0.3 is 4.65 Å². The van der Waals surface area contributed by atoms with Crippen LogP contribution in [0.1, 0.15) is 0 Å². The second kappa shape index (κ2) is 4.76. The van der Waals surface area contributed by atoms with E-state index in [1.165, 1.54) is 0 Å². The molecule has 0 amide bonds. The van der Waals surface area contributed by atoms with Gasteiger partial charge in [-0.05, 0) is 23.7 Å². The van der Waals surface area contributed by atoms with Gasteiger partial charge in [-0.2, -0.15) is 0 Å². The second-order valence-corrected chi connectivity index (χ2v) is 3.20. The number of aromatic nitrogens is 1. The van der Waals surface area contributed by atoms with Crippen LogP contribution in [0.2, 0.25) is 0 Å². The molecule has 1 radical (unpaired) electrons. The highest BCUT2D eigenvalue weighted by molar-refractivity contribution is 6.79. The zero-order chi connectivity index (χ0) is 10.5. The molecule has 2 rings (SSSR count). The summed E-state index contributed by atoms with van der Waals surface area (Å²) in [6.45, 7) is -0.0965. The van der Waals surface area contributed by atoms with E-state index in [0.29, 0.717) is 0 Å². The maximum Gasteiger partial charge on any atom is 0.380 e. The van der Waals surface area contributed by atoms with E-state index < -0.39 is 0 Å². The zero-order valence-corrected chi connectivity index (χ0v) is 8.55. The van der Waals surface area contributed by atoms with Gasteiger partial charge in [0, 0.05) is 18.9 Å². The van der Waals surface area contributed by atoms with Crippen molar-refractivity contribution in [2.75, 3.05) is 7.11 Å². The molecule has 0 aliphatic carbocycles. The molecular formula is C12H11BNO. The van der Waals surface area contributed by atoms with E-state index in [-0.39, 0.29) is 6.92 Å². The van der Waals surface area contributed by atoms with Gasteiger partial charge in [-0.3, -0.25) is 4.98 Å². The first-order valence-electron chi connectivity index (χ1n) is 4.81. The van der Waals surface area contributed by atoms with Gasteiger partial charge in [0.15, 0.2) is 0 Å². The normalized spacial score (nSPS) is 9.93. The van der Waals surface area contributed by atoms with E-state index in [2.05, 4.69) is 11.1 Å². The summed E-state index contributed by atoms with van der Waals surface area (Å²) < 4.78 is 5.45. The van der Waals surface area contributed by atoms with Crippen LogP contribution in [0.5, 0.6) is 0 Å². The summed E-state index contributed by atoms with van der Waals surface area (Å²) in [6, 6.07) is 16.5. The van der Waals surface area contributed by atoms with E-state index in [9.17, 15) is 0 Å². The first kappa shape index (κ1) is 9.93. The molecule has 1 aromatic carbocycles. The van der Waals surface area contributed by atoms with Crippen LogP contribution in [0, 0.1) is 6.07 Å². The summed E-state index contributed by atoms with van der Waals surface area (Å²) in [6.07, 6.45) is 1.77. The van der Waals surface area contributed by atoms with Crippen molar-refractivity contribution in [1.29, 1.82) is 0 Å². The van der Waals surface area contributed by atoms with E-state index in [0.717, 1.165) is 11.1 Å². The van der Waals surface area contributed by atoms with Gasteiger partial charge in [-0.25, -0.2) is 0 Å². The number of nitrogens with zero attached hydrogens (tertiary/aromatic N) is 1. The molecule has 0 N–H and O–H groups in total. The number of hydrogen-bond acceptors (Lipinski definition) is 2. The molecule has 1 heterocycles. The lowest BCUT2D eigenvalue weighted by Gasteiger charge is -2.10. The summed E-state index contributed by atoms with van der Waals surface area (Å²) in [4.78, 5) is 4.29. The van der Waals surface area contributed by atoms with Crippen molar-refractivity contribution in [3.63, 3.8) is 0 Å². The molecule has 2 aromatic rings. The summed E-state index contributed by atoms with van der Waals surface area (Å²) >= 11 is 0. The molecule has 0 aliphatic rings. The number of hydrogen-bond donors (Lipinski definition) is 0. The molecule has 0 saturated heterocycles. The third-order valence-electron chi connectivity index (χ3n) is 2.24. The first-order valence-corrected chi connectivity index (χ1v) is 4.81. The van der Waals surface area contributed by atoms with Crippen LogP contribution < -0.4 is 11.1 Å². The average Bonchev–Trinajstić information content (AvgIpc) is 2.33. The number of benzene rings is 1. The summed E-state index contributed by atoms with van der Waals surface area (Å²) in [5, 5.41) is 0. The molecule has 0 unspecified atom stereocenters. The summed E-state index contributed by atoms with van der Waals surface area (Å²) in [5.74, 6) is 0. The third kappa shape index (κ3) is 2.25. The van der Waals surface area contributed by atoms with Gasteiger partial charge in [-0.1, -0.05) is 30.3 Å². The molecule has 0 bridgehead atoms. The van der Waals surface area contributed by atoms with Crippen LogP contribution in [0.25, 0.3) is 0 Å². The molecule has 0 saturated carbocycles. The number of rotatable bonds is 3. The topological polar surface area (TPSA) is 22.1 Å². The largest absolute Gasteiger partial charge is 0.429 e. The van der Waals surface area contributed by atoms with Crippen molar-refractivity contribution in [3.8, 4) is 0 Å². The van der Waals surface area contributed by atoms with Crippen LogP contribution in [0.4, 0.5) is 0 Å². The predicted molar refractivity (Wildman–Crippen MR) is 61.5 cm³/mol. The smallest absolute Gasteiger partial charge is 0.380 e. The molecular weight excluding hydrogens is 185 g/mol. The van der Waals surface area contributed by atoms with Crippen LogP contribution in [0.15, 0.2) is 48.7 Å². The molecule has 2 nitrogen and oxygen atoms in total. The van der Waals surface area contributed by atoms with Crippen LogP contribution in [0.3, 0.4) is 0 Å². The van der Waals surface area contributed by atoms with Gasteiger partial charge in [0.1, 0.15) is 0 Å². The fourth-order valence-electron chi connectivity index (χ4n) is 1.53. The highest BCUT2D eigenvalue weighted by Crippen LogP contribution is 1.90. The predicted octanol–water partition coefficient (Wildman–Crippen LogP) is 0.634. The molecule has 0 fully saturated rings. The Morgan fingerprint density at radius 1 is 1.20 bits per heavy atom. The lowest BCUT2D eigenvalue weighted by Crippen LogP contribution is -2.45. The Balaban J connectivity index is 2.34. The van der Waals surface area contributed by atoms with Crippen LogP contribution in [-0.4, -0.2) is 19.0 Å². The average molecular weight is 196 g/mol. The molecule has 1 aromatic heterocycles. The monoisotopic (exact) mass is 196 g/mol. The minimum absolute atomic E-state index is 0.0965. The Morgan fingerprint density at radius 2 is 2.00 bits per heavy atom. The van der Waals surface area contributed by atoms with Crippen LogP contribution >= 0.6 is 0 Å². The summed E-state index contributed by atoms with van der Waals surface area (Å²) in [5.41, 5.74) is 2.01. The van der Waals surface area contributed by atoms with Gasteiger partial charge >= 0.3 is 6.92 Å². The first-order chi connectivity index (χ1) is 7.42. The minimum Gasteiger partial charge on any atom is -0.429 e. The molecule has 15 heavy (non-hydrogen) atoms. The van der Waals surface area contributed by atoms with Crippen molar-refractivity contribution in [3.05, 3.63) is 54.7 Å². The van der Waals surface area contributed by atoms with Crippen molar-refractivity contribution in [2.45, 2.75) is 0 Å². The maximum atomic E-state index is 5.45. The van der Waals surface area contributed by atoms with E-state index in [4.69, 9.17) is 4.65 Å². The number of pyridine rings is 1. The fourth-order valence-corrected chi connectivity index (χ4v) is 1.53. The van der Waals surface area contributed by atoms with Gasteiger partial charge in [0.05, 0.1) is 0 Å². The lowest BCUT2D eigenvalue weighted by atomic mass is 9.58. The van der Waals surface area contributed by atoms with Crippen LogP contribution in [-0.2, 0) is 4.65 Å². The Bertz CT molecular complexity index is 365. The SMILES string of the molecule is COB(c1cc[c]cc1)c1ccccn1. The zero-order valence-electron chi connectivity index (χ0n) is 8.55. The van der Waals surface area contributed by atoms with E-state index >= 15 is 0 Å². The summed E-state index contributed by atoms with van der Waals surface area (Å²) in [7, 11) is 1.69. The van der Waals surface area contributed by atoms with Gasteiger partial charge in [0.2, 0.25) is 0 Å². The lowest BCUT2D eigenvalue weighted by molar-refractivity contribution is 0.438. The highest BCUT2D eigenvalue weighted by atomic mass is 16.4. The second-order valence-electron chi connectivity index (χ2n) is 3.20. The Hall–Kier alpha value is -1.61. The standard InChI is InChI=1S/C12H11BNO/c1-15-13(11-7-3-2-4-8-11)12-9-5-6-10-14-12/h3-10H,1H3. The Morgan fingerprint density at radius 3 is 2.60 bits per heavy atom.